The normalized spacial score (nSPS) is 23.8. The number of aryl methyl sites for hydroxylation is 1. The van der Waals surface area contributed by atoms with Crippen molar-refractivity contribution in [3.05, 3.63) is 65.6 Å². The van der Waals surface area contributed by atoms with Gasteiger partial charge in [0.2, 0.25) is 5.88 Å². The predicted octanol–water partition coefficient (Wildman–Crippen LogP) is 5.66. The average molecular weight is 645 g/mol. The van der Waals surface area contributed by atoms with Gasteiger partial charge in [-0.05, 0) is 41.9 Å². The third kappa shape index (κ3) is 6.61. The van der Waals surface area contributed by atoms with Crippen LogP contribution in [0.5, 0.6) is 5.88 Å². The van der Waals surface area contributed by atoms with Crippen molar-refractivity contribution in [2.24, 2.45) is 18.4 Å². The number of likely N-dealkylation sites (tertiary alicyclic amines) is 1. The van der Waals surface area contributed by atoms with Crippen molar-refractivity contribution in [1.29, 1.82) is 0 Å². The first kappa shape index (κ1) is 33.4. The molecule has 5 rings (SSSR count). The molecule has 46 heavy (non-hydrogen) atoms. The largest absolute Gasteiger partial charge is 0.481 e. The number of carboxylic acids is 1. The van der Waals surface area contributed by atoms with Gasteiger partial charge in [0, 0.05) is 43.1 Å². The van der Waals surface area contributed by atoms with Gasteiger partial charge in [0.05, 0.1) is 37.6 Å². The minimum Gasteiger partial charge on any atom is -0.481 e. The van der Waals surface area contributed by atoms with Gasteiger partial charge >= 0.3 is 12.1 Å². The number of hydrogen-bond acceptors (Lipinski definition) is 7. The molecule has 0 unspecified atom stereocenters. The van der Waals surface area contributed by atoms with E-state index in [9.17, 15) is 27.9 Å². The molecule has 2 aliphatic heterocycles. The molecule has 13 heteroatoms. The van der Waals surface area contributed by atoms with Crippen molar-refractivity contribution < 1.29 is 42.1 Å². The van der Waals surface area contributed by atoms with Gasteiger partial charge in [0.15, 0.2) is 0 Å². The molecule has 0 aliphatic carbocycles. The first-order valence-electron chi connectivity index (χ1n) is 15.2. The number of ether oxygens (including phenoxy) is 3. The lowest BCUT2D eigenvalue weighted by molar-refractivity contribution is -0.159. The SMILES string of the molecule is COc1ncc(C(F)(F)F)cc1CO[C@H]1[C@H](C(C)(C)C)[C@@H](C(=O)O)N(C(=O)[C@@H]2CCCCO2)[C@H]1c1ccccc1-c1cnn(C)c1. The lowest BCUT2D eigenvalue weighted by Crippen LogP contribution is -2.51. The van der Waals surface area contributed by atoms with E-state index in [0.717, 1.165) is 24.5 Å². The number of nitrogens with zero attached hydrogens (tertiary/aromatic N) is 4. The van der Waals surface area contributed by atoms with Crippen LogP contribution in [0.4, 0.5) is 13.2 Å². The Morgan fingerprint density at radius 3 is 2.46 bits per heavy atom. The molecule has 1 N–H and O–H groups in total. The standard InChI is InChI=1S/C33H39F3N4O6/c1-32(2,3)25-27(31(42)43)40(30(41)24-12-8-9-13-45-24)26(23-11-7-6-10-22(23)20-15-38-39(4)17-20)28(25)46-18-19-14-21(33(34,35)36)16-37-29(19)44-5/h6-7,10-11,14-17,24-28H,8-9,12-13,18H2,1-5H3,(H,42,43)/t24-,25+,26-,27-,28-/m0/s1. The van der Waals surface area contributed by atoms with Crippen molar-refractivity contribution in [3.8, 4) is 17.0 Å². The molecule has 10 nitrogen and oxygen atoms in total. The van der Waals surface area contributed by atoms with E-state index in [0.29, 0.717) is 30.4 Å². The second kappa shape index (κ2) is 13.0. The zero-order valence-electron chi connectivity index (χ0n) is 26.5. The minimum atomic E-state index is -4.65. The summed E-state index contributed by atoms with van der Waals surface area (Å²) in [5.41, 5.74) is 0.419. The van der Waals surface area contributed by atoms with Crippen LogP contribution in [0.15, 0.2) is 48.9 Å². The quantitative estimate of drug-likeness (QED) is 0.334. The fourth-order valence-electron chi connectivity index (χ4n) is 6.72. The smallest absolute Gasteiger partial charge is 0.417 e. The Kier molecular flexibility index (Phi) is 9.46. The van der Waals surface area contributed by atoms with Crippen LogP contribution in [0.1, 0.15) is 62.8 Å². The van der Waals surface area contributed by atoms with Crippen LogP contribution in [-0.4, -0.2) is 68.6 Å². The average Bonchev–Trinajstić information content (AvgIpc) is 3.61. The van der Waals surface area contributed by atoms with Crippen molar-refractivity contribution >= 4 is 11.9 Å². The maximum atomic E-state index is 14.4. The molecule has 1 aromatic carbocycles. The lowest BCUT2D eigenvalue weighted by atomic mass is 9.73. The number of alkyl halides is 3. The highest BCUT2D eigenvalue weighted by Gasteiger charge is 2.60. The van der Waals surface area contributed by atoms with Gasteiger partial charge in [-0.25, -0.2) is 9.78 Å². The Balaban J connectivity index is 1.69. The highest BCUT2D eigenvalue weighted by Crippen LogP contribution is 2.52. The van der Waals surface area contributed by atoms with E-state index in [-0.39, 0.29) is 18.1 Å². The summed E-state index contributed by atoms with van der Waals surface area (Å²) >= 11 is 0. The van der Waals surface area contributed by atoms with E-state index in [1.165, 1.54) is 12.0 Å². The summed E-state index contributed by atoms with van der Waals surface area (Å²) in [6, 6.07) is 5.97. The van der Waals surface area contributed by atoms with E-state index in [1.807, 2.05) is 45.2 Å². The van der Waals surface area contributed by atoms with Crippen molar-refractivity contribution in [1.82, 2.24) is 19.7 Å². The van der Waals surface area contributed by atoms with Gasteiger partial charge in [-0.15, -0.1) is 0 Å². The summed E-state index contributed by atoms with van der Waals surface area (Å²) in [5, 5.41) is 15.1. The summed E-state index contributed by atoms with van der Waals surface area (Å²) in [5.74, 6) is -2.51. The molecule has 3 aromatic rings. The van der Waals surface area contributed by atoms with Gasteiger partial charge in [-0.3, -0.25) is 9.48 Å². The second-order valence-corrected chi connectivity index (χ2v) is 12.9. The van der Waals surface area contributed by atoms with E-state index >= 15 is 0 Å². The van der Waals surface area contributed by atoms with Crippen LogP contribution in [-0.2, 0) is 38.9 Å². The highest BCUT2D eigenvalue weighted by molar-refractivity contribution is 5.88. The summed E-state index contributed by atoms with van der Waals surface area (Å²) in [6.45, 7) is 5.60. The molecule has 4 heterocycles. The molecule has 2 aliphatic rings. The number of benzene rings is 1. The van der Waals surface area contributed by atoms with Crippen LogP contribution in [0.3, 0.4) is 0 Å². The number of carbonyl (C=O) groups is 2. The Morgan fingerprint density at radius 2 is 1.87 bits per heavy atom. The second-order valence-electron chi connectivity index (χ2n) is 12.9. The molecular weight excluding hydrogens is 605 g/mol. The van der Waals surface area contributed by atoms with Crippen LogP contribution in [0, 0.1) is 11.3 Å². The highest BCUT2D eigenvalue weighted by atomic mass is 19.4. The molecular formula is C33H39F3N4O6. The molecule has 2 aromatic heterocycles. The van der Waals surface area contributed by atoms with Gasteiger partial charge < -0.3 is 24.2 Å². The summed E-state index contributed by atoms with van der Waals surface area (Å²) < 4.78 is 60.3. The molecule has 5 atom stereocenters. The first-order valence-corrected chi connectivity index (χ1v) is 15.2. The first-order chi connectivity index (χ1) is 21.7. The maximum absolute atomic E-state index is 14.4. The molecule has 2 fully saturated rings. The summed E-state index contributed by atoms with van der Waals surface area (Å²) in [6.07, 6.45) is -0.290. The van der Waals surface area contributed by atoms with Crippen LogP contribution in [0.25, 0.3) is 11.1 Å². The number of aromatic nitrogens is 3. The Hall–Kier alpha value is -3.97. The summed E-state index contributed by atoms with van der Waals surface area (Å²) in [4.78, 5) is 32.9. The van der Waals surface area contributed by atoms with Crippen LogP contribution in [0.2, 0.25) is 0 Å². The van der Waals surface area contributed by atoms with Gasteiger partial charge in [-0.2, -0.15) is 18.3 Å². The van der Waals surface area contributed by atoms with Crippen molar-refractivity contribution in [2.75, 3.05) is 13.7 Å². The molecule has 2 saturated heterocycles. The zero-order valence-corrected chi connectivity index (χ0v) is 26.5. The fourth-order valence-corrected chi connectivity index (χ4v) is 6.72. The fraction of sp³-hybridized carbons (Fsp3) is 0.515. The third-order valence-corrected chi connectivity index (χ3v) is 8.74. The van der Waals surface area contributed by atoms with E-state index in [2.05, 4.69) is 10.1 Å². The number of pyridine rings is 1. The summed E-state index contributed by atoms with van der Waals surface area (Å²) in [7, 11) is 3.07. The number of halogens is 3. The molecule has 0 saturated carbocycles. The monoisotopic (exact) mass is 644 g/mol. The van der Waals surface area contributed by atoms with Gasteiger partial charge in [-0.1, -0.05) is 45.0 Å². The number of carboxylic acid groups (broad SMARTS) is 1. The van der Waals surface area contributed by atoms with Gasteiger partial charge in [0.25, 0.3) is 5.91 Å². The van der Waals surface area contributed by atoms with Gasteiger partial charge in [0.1, 0.15) is 12.1 Å². The molecule has 0 radical (unpaired) electrons. The van der Waals surface area contributed by atoms with Crippen LogP contribution < -0.4 is 4.74 Å². The topological polar surface area (TPSA) is 116 Å². The maximum Gasteiger partial charge on any atom is 0.417 e. The number of carbonyl (C=O) groups excluding carboxylic acids is 1. The number of rotatable bonds is 8. The predicted molar refractivity (Wildman–Crippen MR) is 161 cm³/mol. The Morgan fingerprint density at radius 1 is 1.13 bits per heavy atom. The Labute approximate surface area is 265 Å². The van der Waals surface area contributed by atoms with Crippen LogP contribution >= 0.6 is 0 Å². The molecule has 248 valence electrons. The van der Waals surface area contributed by atoms with Crippen molar-refractivity contribution in [2.45, 2.75) is 77.1 Å². The van der Waals surface area contributed by atoms with E-state index in [4.69, 9.17) is 14.2 Å². The molecule has 1 amide bonds. The zero-order chi connectivity index (χ0) is 33.4. The Bertz CT molecular complexity index is 1560. The number of aliphatic carboxylic acids is 1. The van der Waals surface area contributed by atoms with E-state index < -0.39 is 59.2 Å². The number of methoxy groups -OCH3 is 1. The lowest BCUT2D eigenvalue weighted by Gasteiger charge is -2.35. The number of amides is 1. The number of hydrogen-bond donors (Lipinski definition) is 1. The minimum absolute atomic E-state index is 0.0385. The van der Waals surface area contributed by atoms with E-state index in [1.54, 1.807) is 24.0 Å². The molecule has 0 spiro atoms. The molecule has 0 bridgehead atoms. The third-order valence-electron chi connectivity index (χ3n) is 8.74. The van der Waals surface area contributed by atoms with Crippen molar-refractivity contribution in [3.63, 3.8) is 0 Å².